The van der Waals surface area contributed by atoms with E-state index in [-0.39, 0.29) is 24.4 Å². The minimum absolute atomic E-state index is 0. The molecule has 0 fully saturated rings. The maximum atomic E-state index is 12.6. The van der Waals surface area contributed by atoms with Crippen molar-refractivity contribution >= 4 is 34.2 Å². The summed E-state index contributed by atoms with van der Waals surface area (Å²) >= 11 is 3.39. The van der Waals surface area contributed by atoms with Crippen LogP contribution in [0.1, 0.15) is 36.6 Å². The summed E-state index contributed by atoms with van der Waals surface area (Å²) in [7, 11) is 0. The van der Waals surface area contributed by atoms with Crippen molar-refractivity contribution in [3.8, 4) is 0 Å². The van der Waals surface area contributed by atoms with E-state index >= 15 is 0 Å². The molecule has 2 aromatic rings. The predicted molar refractivity (Wildman–Crippen MR) is 101 cm³/mol. The van der Waals surface area contributed by atoms with Gasteiger partial charge in [0.05, 0.1) is 6.04 Å². The lowest BCUT2D eigenvalue weighted by atomic mass is 9.91. The largest absolute Gasteiger partial charge is 0.348 e. The number of hydrogen-bond acceptors (Lipinski definition) is 2. The minimum atomic E-state index is -1.07. The fraction of sp³-hybridized carbons (Fsp3) is 0.278. The summed E-state index contributed by atoms with van der Waals surface area (Å²) in [5.74, 6) is -0.189. The van der Waals surface area contributed by atoms with Crippen LogP contribution in [0.5, 0.6) is 0 Å². The Hall–Kier alpha value is -1.36. The summed E-state index contributed by atoms with van der Waals surface area (Å²) in [4.78, 5) is 12.6. The Balaban J connectivity index is 0.00000264. The van der Waals surface area contributed by atoms with Crippen LogP contribution < -0.4 is 11.1 Å². The lowest BCUT2D eigenvalue weighted by Gasteiger charge is -2.27. The van der Waals surface area contributed by atoms with Gasteiger partial charge in [-0.2, -0.15) is 0 Å². The van der Waals surface area contributed by atoms with E-state index in [0.717, 1.165) is 21.2 Å². The van der Waals surface area contributed by atoms with E-state index in [1.807, 2.05) is 62.4 Å². The fourth-order valence-corrected chi connectivity index (χ4v) is 2.69. The van der Waals surface area contributed by atoms with Crippen LogP contribution in [0.15, 0.2) is 53.0 Å². The Labute approximate surface area is 152 Å². The molecule has 1 amide bonds. The van der Waals surface area contributed by atoms with Crippen LogP contribution in [-0.2, 0) is 10.3 Å². The summed E-state index contributed by atoms with van der Waals surface area (Å²) in [5, 5.41) is 3.01. The highest BCUT2D eigenvalue weighted by molar-refractivity contribution is 9.10. The third kappa shape index (κ3) is 4.56. The molecule has 3 N–H and O–H groups in total. The smallest absolute Gasteiger partial charge is 0.244 e. The van der Waals surface area contributed by atoms with Crippen molar-refractivity contribution in [2.45, 2.75) is 32.4 Å². The second-order valence-electron chi connectivity index (χ2n) is 5.76. The number of carbonyl (C=O) groups excluding carboxylic acids is 1. The first-order valence-corrected chi connectivity index (χ1v) is 8.03. The molecule has 0 aliphatic heterocycles. The maximum absolute atomic E-state index is 12.6. The third-order valence-corrected chi connectivity index (χ3v) is 4.45. The Morgan fingerprint density at radius 3 is 2.30 bits per heavy atom. The van der Waals surface area contributed by atoms with Crippen LogP contribution in [0.4, 0.5) is 0 Å². The van der Waals surface area contributed by atoms with Crippen molar-refractivity contribution in [3.63, 3.8) is 0 Å². The zero-order chi connectivity index (χ0) is 16.3. The number of carbonyl (C=O) groups is 1. The van der Waals surface area contributed by atoms with Crippen molar-refractivity contribution in [1.82, 2.24) is 5.32 Å². The molecular formula is C18H22BrClN2O. The van der Waals surface area contributed by atoms with Crippen LogP contribution in [0.2, 0.25) is 0 Å². The van der Waals surface area contributed by atoms with E-state index in [4.69, 9.17) is 5.73 Å². The highest BCUT2D eigenvalue weighted by Crippen LogP contribution is 2.23. The van der Waals surface area contributed by atoms with E-state index in [9.17, 15) is 4.79 Å². The molecule has 0 aliphatic rings. The van der Waals surface area contributed by atoms with Gasteiger partial charge in [0.2, 0.25) is 5.91 Å². The Morgan fingerprint density at radius 1 is 1.17 bits per heavy atom. The van der Waals surface area contributed by atoms with Gasteiger partial charge in [0, 0.05) is 4.47 Å². The van der Waals surface area contributed by atoms with Crippen LogP contribution in [0.3, 0.4) is 0 Å². The summed E-state index contributed by atoms with van der Waals surface area (Å²) in [6.07, 6.45) is 0. The minimum Gasteiger partial charge on any atom is -0.348 e. The molecule has 0 bridgehead atoms. The van der Waals surface area contributed by atoms with Crippen molar-refractivity contribution in [2.75, 3.05) is 0 Å². The van der Waals surface area contributed by atoms with Gasteiger partial charge in [-0.3, -0.25) is 4.79 Å². The SMILES string of the molecule is Cc1ccccc1C(C)NC(=O)C(C)(N)c1ccc(Br)cc1.Cl. The molecule has 0 saturated heterocycles. The van der Waals surface area contributed by atoms with E-state index in [2.05, 4.69) is 21.2 Å². The van der Waals surface area contributed by atoms with Crippen molar-refractivity contribution in [1.29, 1.82) is 0 Å². The molecule has 2 rings (SSSR count). The van der Waals surface area contributed by atoms with Crippen LogP contribution in [0.25, 0.3) is 0 Å². The molecule has 124 valence electrons. The van der Waals surface area contributed by atoms with Gasteiger partial charge in [-0.05, 0) is 49.6 Å². The number of rotatable bonds is 4. The number of hydrogen-bond donors (Lipinski definition) is 2. The van der Waals surface area contributed by atoms with Crippen molar-refractivity contribution in [2.24, 2.45) is 5.73 Å². The maximum Gasteiger partial charge on any atom is 0.244 e. The molecule has 0 spiro atoms. The van der Waals surface area contributed by atoms with Gasteiger partial charge in [-0.25, -0.2) is 0 Å². The van der Waals surface area contributed by atoms with Crippen molar-refractivity contribution in [3.05, 3.63) is 69.7 Å². The molecule has 0 saturated carbocycles. The van der Waals surface area contributed by atoms with E-state index in [1.54, 1.807) is 6.92 Å². The number of nitrogens with one attached hydrogen (secondary N) is 1. The Bertz CT molecular complexity index is 671. The Morgan fingerprint density at radius 2 is 1.74 bits per heavy atom. The molecule has 5 heteroatoms. The van der Waals surface area contributed by atoms with Crippen LogP contribution >= 0.6 is 28.3 Å². The predicted octanol–water partition coefficient (Wildman–Crippen LogP) is 4.23. The highest BCUT2D eigenvalue weighted by Gasteiger charge is 2.31. The highest BCUT2D eigenvalue weighted by atomic mass is 79.9. The van der Waals surface area contributed by atoms with Gasteiger partial charge in [0.25, 0.3) is 0 Å². The second kappa shape index (κ2) is 7.95. The average Bonchev–Trinajstić information content (AvgIpc) is 2.48. The zero-order valence-electron chi connectivity index (χ0n) is 13.5. The van der Waals surface area contributed by atoms with Gasteiger partial charge in [-0.1, -0.05) is 52.3 Å². The Kier molecular flexibility index (Phi) is 6.81. The third-order valence-electron chi connectivity index (χ3n) is 3.92. The summed E-state index contributed by atoms with van der Waals surface area (Å²) in [6, 6.07) is 15.4. The average molecular weight is 398 g/mol. The monoisotopic (exact) mass is 396 g/mol. The second-order valence-corrected chi connectivity index (χ2v) is 6.68. The van der Waals surface area contributed by atoms with Gasteiger partial charge in [0.1, 0.15) is 5.54 Å². The number of halogens is 2. The molecule has 0 radical (unpaired) electrons. The van der Waals surface area contributed by atoms with E-state index in [0.29, 0.717) is 0 Å². The number of benzene rings is 2. The van der Waals surface area contributed by atoms with Gasteiger partial charge in [-0.15, -0.1) is 12.4 Å². The quantitative estimate of drug-likeness (QED) is 0.811. The van der Waals surface area contributed by atoms with Crippen molar-refractivity contribution < 1.29 is 4.79 Å². The molecular weight excluding hydrogens is 376 g/mol. The standard InChI is InChI=1S/C18H21BrN2O.ClH/c1-12-6-4-5-7-16(12)13(2)21-17(22)18(3,20)14-8-10-15(19)11-9-14;/h4-11,13H,20H2,1-3H3,(H,21,22);1H. The van der Waals surface area contributed by atoms with E-state index < -0.39 is 5.54 Å². The van der Waals surface area contributed by atoms with Crippen LogP contribution in [0, 0.1) is 6.92 Å². The first-order valence-electron chi connectivity index (χ1n) is 7.24. The summed E-state index contributed by atoms with van der Waals surface area (Å²) in [6.45, 7) is 5.74. The first kappa shape index (κ1) is 19.7. The molecule has 0 aromatic heterocycles. The first-order chi connectivity index (χ1) is 10.3. The molecule has 2 atom stereocenters. The summed E-state index contributed by atoms with van der Waals surface area (Å²) in [5.41, 5.74) is 8.23. The van der Waals surface area contributed by atoms with Gasteiger partial charge in [0.15, 0.2) is 0 Å². The molecule has 3 nitrogen and oxygen atoms in total. The normalized spacial score (nSPS) is 14.3. The topological polar surface area (TPSA) is 55.1 Å². The number of nitrogens with two attached hydrogens (primary N) is 1. The van der Waals surface area contributed by atoms with Crippen LogP contribution in [-0.4, -0.2) is 5.91 Å². The lowest BCUT2D eigenvalue weighted by molar-refractivity contribution is -0.126. The zero-order valence-corrected chi connectivity index (χ0v) is 15.9. The van der Waals surface area contributed by atoms with E-state index in [1.165, 1.54) is 0 Å². The fourth-order valence-electron chi connectivity index (χ4n) is 2.42. The molecule has 0 heterocycles. The molecule has 23 heavy (non-hydrogen) atoms. The van der Waals surface area contributed by atoms with Gasteiger partial charge >= 0.3 is 0 Å². The number of aryl methyl sites for hydroxylation is 1. The molecule has 2 unspecified atom stereocenters. The molecule has 0 aliphatic carbocycles. The lowest BCUT2D eigenvalue weighted by Crippen LogP contribution is -2.49. The van der Waals surface area contributed by atoms with Gasteiger partial charge < -0.3 is 11.1 Å². The number of amides is 1. The molecule has 2 aromatic carbocycles. The summed E-state index contributed by atoms with van der Waals surface area (Å²) < 4.78 is 0.959.